The molecule has 0 aromatic carbocycles. The topological polar surface area (TPSA) is 50.2 Å². The molecule has 1 atom stereocenters. The van der Waals surface area contributed by atoms with E-state index in [0.29, 0.717) is 6.42 Å². The number of hydrogen-bond donors (Lipinski definition) is 1. The minimum Gasteiger partial charge on any atom is -0.481 e. The normalized spacial score (nSPS) is 14.7. The number of carboxylic acids is 1. The Morgan fingerprint density at radius 3 is 2.96 bits per heavy atom. The average molecular weight is 386 g/mol. The maximum Gasteiger partial charge on any atom is 0.306 e. The summed E-state index contributed by atoms with van der Waals surface area (Å²) in [6, 6.07) is 4.33. The van der Waals surface area contributed by atoms with Crippen LogP contribution in [0, 0.1) is 12.8 Å². The Morgan fingerprint density at radius 1 is 1.38 bits per heavy atom. The first-order valence-electron chi connectivity index (χ1n) is 9.26. The van der Waals surface area contributed by atoms with E-state index >= 15 is 0 Å². The first kappa shape index (κ1) is 17.7. The first-order valence-corrected chi connectivity index (χ1v) is 11.0. The SMILES string of the molecule is Cc1nc2sc3c(c2c(-c2cccs2)c1CCCC(C)C(=O)O)CCC3. The predicted octanol–water partition coefficient (Wildman–Crippen LogP) is 5.87. The summed E-state index contributed by atoms with van der Waals surface area (Å²) in [5, 5.41) is 12.7. The number of pyridine rings is 1. The number of nitrogens with zero attached hydrogens (tertiary/aromatic N) is 1. The van der Waals surface area contributed by atoms with Gasteiger partial charge in [-0.25, -0.2) is 4.98 Å². The lowest BCUT2D eigenvalue weighted by molar-refractivity contribution is -0.141. The highest BCUT2D eigenvalue weighted by molar-refractivity contribution is 7.19. The van der Waals surface area contributed by atoms with E-state index in [2.05, 4.69) is 24.4 Å². The van der Waals surface area contributed by atoms with Gasteiger partial charge in [0.25, 0.3) is 0 Å². The van der Waals surface area contributed by atoms with Crippen molar-refractivity contribution < 1.29 is 9.90 Å². The maximum atomic E-state index is 11.1. The molecular weight excluding hydrogens is 362 g/mol. The summed E-state index contributed by atoms with van der Waals surface area (Å²) in [5.41, 5.74) is 5.29. The van der Waals surface area contributed by atoms with Crippen LogP contribution in [0.3, 0.4) is 0 Å². The number of hydrogen-bond acceptors (Lipinski definition) is 4. The minimum absolute atomic E-state index is 0.289. The third kappa shape index (κ3) is 3.08. The molecule has 26 heavy (non-hydrogen) atoms. The van der Waals surface area contributed by atoms with Crippen molar-refractivity contribution >= 4 is 38.9 Å². The van der Waals surface area contributed by atoms with Gasteiger partial charge in [0.15, 0.2) is 0 Å². The van der Waals surface area contributed by atoms with Crippen molar-refractivity contribution in [2.45, 2.75) is 52.4 Å². The standard InChI is InChI=1S/C21H23NO2S2/c1-12(21(23)24)6-3-7-14-13(2)22-20-19(15-8-4-9-16(15)26-20)18(14)17-10-5-11-25-17/h5,10-12H,3-4,6-9H2,1-2H3,(H,23,24). The van der Waals surface area contributed by atoms with Gasteiger partial charge in [0.2, 0.25) is 0 Å². The summed E-state index contributed by atoms with van der Waals surface area (Å²) in [6.07, 6.45) is 6.08. The van der Waals surface area contributed by atoms with Gasteiger partial charge in [0.05, 0.1) is 5.92 Å². The van der Waals surface area contributed by atoms with E-state index in [1.54, 1.807) is 18.3 Å². The number of aryl methyl sites for hydroxylation is 3. The van der Waals surface area contributed by atoms with Crippen molar-refractivity contribution in [3.8, 4) is 10.4 Å². The number of carbonyl (C=O) groups is 1. The predicted molar refractivity (Wildman–Crippen MR) is 109 cm³/mol. The molecule has 5 heteroatoms. The Hall–Kier alpha value is -1.72. The van der Waals surface area contributed by atoms with Crippen molar-refractivity contribution in [1.82, 2.24) is 4.98 Å². The average Bonchev–Trinajstić information content (AvgIpc) is 3.31. The van der Waals surface area contributed by atoms with E-state index in [-0.39, 0.29) is 5.92 Å². The van der Waals surface area contributed by atoms with Gasteiger partial charge in [-0.3, -0.25) is 4.79 Å². The lowest BCUT2D eigenvalue weighted by atomic mass is 9.93. The lowest BCUT2D eigenvalue weighted by Gasteiger charge is -2.15. The third-order valence-corrected chi connectivity index (χ3v) is 7.49. The molecule has 0 spiro atoms. The quantitative estimate of drug-likeness (QED) is 0.578. The number of rotatable bonds is 6. The van der Waals surface area contributed by atoms with Gasteiger partial charge in [-0.15, -0.1) is 22.7 Å². The highest BCUT2D eigenvalue weighted by atomic mass is 32.1. The molecule has 136 valence electrons. The molecule has 0 aliphatic heterocycles. The molecule has 3 heterocycles. The molecule has 3 aromatic rings. The van der Waals surface area contributed by atoms with Gasteiger partial charge in [0.1, 0.15) is 4.83 Å². The molecule has 3 nitrogen and oxygen atoms in total. The van der Waals surface area contributed by atoms with Crippen molar-refractivity contribution in [2.24, 2.45) is 5.92 Å². The van der Waals surface area contributed by atoms with E-state index in [1.165, 1.54) is 49.5 Å². The minimum atomic E-state index is -0.704. The van der Waals surface area contributed by atoms with Crippen LogP contribution in [0.5, 0.6) is 0 Å². The molecule has 4 rings (SSSR count). The largest absolute Gasteiger partial charge is 0.481 e. The van der Waals surface area contributed by atoms with Gasteiger partial charge in [-0.05, 0) is 68.0 Å². The summed E-state index contributed by atoms with van der Waals surface area (Å²) in [7, 11) is 0. The molecule has 1 aliphatic rings. The van der Waals surface area contributed by atoms with Crippen molar-refractivity contribution in [3.63, 3.8) is 0 Å². The van der Waals surface area contributed by atoms with E-state index in [0.717, 1.165) is 25.0 Å². The fourth-order valence-corrected chi connectivity index (χ4v) is 6.11. The van der Waals surface area contributed by atoms with Crippen molar-refractivity contribution in [3.05, 3.63) is 39.2 Å². The molecule has 0 amide bonds. The second kappa shape index (κ2) is 7.12. The second-order valence-electron chi connectivity index (χ2n) is 7.20. The highest BCUT2D eigenvalue weighted by Gasteiger charge is 2.24. The van der Waals surface area contributed by atoms with Crippen molar-refractivity contribution in [2.75, 3.05) is 0 Å². The fraction of sp³-hybridized carbons (Fsp3) is 0.429. The fourth-order valence-electron chi connectivity index (χ4n) is 3.99. The summed E-state index contributed by atoms with van der Waals surface area (Å²) in [4.78, 5) is 20.1. The third-order valence-electron chi connectivity index (χ3n) is 5.41. The van der Waals surface area contributed by atoms with Crippen LogP contribution >= 0.6 is 22.7 Å². The summed E-state index contributed by atoms with van der Waals surface area (Å²) >= 11 is 3.66. The van der Waals surface area contributed by atoms with Crippen LogP contribution < -0.4 is 0 Å². The van der Waals surface area contributed by atoms with Crippen LogP contribution in [0.1, 0.15) is 47.9 Å². The number of carboxylic acid groups (broad SMARTS) is 1. The Bertz CT molecular complexity index is 956. The molecule has 0 saturated heterocycles. The molecule has 0 radical (unpaired) electrons. The molecule has 1 unspecified atom stereocenters. The van der Waals surface area contributed by atoms with Gasteiger partial charge < -0.3 is 5.11 Å². The smallest absolute Gasteiger partial charge is 0.306 e. The van der Waals surface area contributed by atoms with E-state index < -0.39 is 5.97 Å². The Kier molecular flexibility index (Phi) is 4.84. The van der Waals surface area contributed by atoms with E-state index in [9.17, 15) is 4.79 Å². The number of aliphatic carboxylic acids is 1. The zero-order valence-electron chi connectivity index (χ0n) is 15.2. The maximum absolute atomic E-state index is 11.1. The summed E-state index contributed by atoms with van der Waals surface area (Å²) < 4.78 is 0. The van der Waals surface area contributed by atoms with Crippen LogP contribution in [-0.4, -0.2) is 16.1 Å². The Morgan fingerprint density at radius 2 is 2.23 bits per heavy atom. The van der Waals surface area contributed by atoms with Crippen LogP contribution in [0.25, 0.3) is 20.7 Å². The van der Waals surface area contributed by atoms with Crippen LogP contribution in [0.2, 0.25) is 0 Å². The highest BCUT2D eigenvalue weighted by Crippen LogP contribution is 2.45. The Labute approximate surface area is 161 Å². The zero-order chi connectivity index (χ0) is 18.3. The van der Waals surface area contributed by atoms with Crippen molar-refractivity contribution in [1.29, 1.82) is 0 Å². The number of thiophene rings is 2. The summed E-state index contributed by atoms with van der Waals surface area (Å²) in [5.74, 6) is -0.994. The van der Waals surface area contributed by atoms with Crippen LogP contribution in [0.4, 0.5) is 0 Å². The molecular formula is C21H23NO2S2. The number of aromatic nitrogens is 1. The number of fused-ring (bicyclic) bond motifs is 3. The first-order chi connectivity index (χ1) is 12.6. The van der Waals surface area contributed by atoms with Crippen LogP contribution in [-0.2, 0) is 24.1 Å². The lowest BCUT2D eigenvalue weighted by Crippen LogP contribution is -2.09. The van der Waals surface area contributed by atoms with E-state index in [1.807, 2.05) is 11.3 Å². The monoisotopic (exact) mass is 385 g/mol. The molecule has 0 saturated carbocycles. The Balaban J connectivity index is 1.80. The van der Waals surface area contributed by atoms with Crippen LogP contribution in [0.15, 0.2) is 17.5 Å². The molecule has 0 fully saturated rings. The van der Waals surface area contributed by atoms with E-state index in [4.69, 9.17) is 10.1 Å². The van der Waals surface area contributed by atoms with Gasteiger partial charge >= 0.3 is 5.97 Å². The summed E-state index contributed by atoms with van der Waals surface area (Å²) in [6.45, 7) is 3.90. The van der Waals surface area contributed by atoms with Gasteiger partial charge in [-0.2, -0.15) is 0 Å². The second-order valence-corrected chi connectivity index (χ2v) is 9.23. The zero-order valence-corrected chi connectivity index (χ0v) is 16.8. The van der Waals surface area contributed by atoms with Gasteiger partial charge in [0, 0.05) is 26.4 Å². The molecule has 3 aromatic heterocycles. The molecule has 0 bridgehead atoms. The van der Waals surface area contributed by atoms with Gasteiger partial charge in [-0.1, -0.05) is 13.0 Å². The molecule has 1 N–H and O–H groups in total. The molecule has 1 aliphatic carbocycles.